The molecule has 1 saturated heterocycles. The van der Waals surface area contributed by atoms with Crippen molar-refractivity contribution in [3.8, 4) is 0 Å². The van der Waals surface area contributed by atoms with E-state index in [-0.39, 0.29) is 24.3 Å². The molecule has 1 aromatic rings. The van der Waals surface area contributed by atoms with Crippen LogP contribution in [0.5, 0.6) is 0 Å². The Labute approximate surface area is 168 Å². The van der Waals surface area contributed by atoms with E-state index >= 15 is 0 Å². The number of carbonyl (C=O) groups excluding carboxylic acids is 3. The van der Waals surface area contributed by atoms with Crippen molar-refractivity contribution in [2.24, 2.45) is 5.92 Å². The van der Waals surface area contributed by atoms with E-state index < -0.39 is 11.6 Å². The molecule has 4 amide bonds. The topological polar surface area (TPSA) is 69.7 Å². The van der Waals surface area contributed by atoms with Crippen LogP contribution in [0.15, 0.2) is 18.2 Å². The van der Waals surface area contributed by atoms with Gasteiger partial charge in [0.25, 0.3) is 5.91 Å². The lowest BCUT2D eigenvalue weighted by molar-refractivity contribution is -0.140. The van der Waals surface area contributed by atoms with Gasteiger partial charge in [-0.3, -0.25) is 14.5 Å². The molecule has 1 aromatic carbocycles. The van der Waals surface area contributed by atoms with E-state index in [1.54, 1.807) is 25.2 Å². The van der Waals surface area contributed by atoms with E-state index in [1.807, 2.05) is 6.92 Å². The van der Waals surface area contributed by atoms with Gasteiger partial charge in [0.1, 0.15) is 12.1 Å². The van der Waals surface area contributed by atoms with Crippen LogP contribution in [0.2, 0.25) is 10.0 Å². The van der Waals surface area contributed by atoms with Crippen molar-refractivity contribution in [2.75, 3.05) is 13.6 Å². The van der Waals surface area contributed by atoms with Crippen LogP contribution in [0.3, 0.4) is 0 Å². The quantitative estimate of drug-likeness (QED) is 0.771. The van der Waals surface area contributed by atoms with Gasteiger partial charge in [-0.2, -0.15) is 0 Å². The molecular formula is C19H23Cl2N3O3. The molecule has 1 heterocycles. The molecule has 3 rings (SSSR count). The molecule has 2 atom stereocenters. The van der Waals surface area contributed by atoms with Gasteiger partial charge in [0, 0.05) is 13.6 Å². The number of halogens is 2. The van der Waals surface area contributed by atoms with E-state index in [0.29, 0.717) is 23.0 Å². The number of hydrogen-bond acceptors (Lipinski definition) is 3. The third kappa shape index (κ3) is 3.78. The Morgan fingerprint density at radius 3 is 2.70 bits per heavy atom. The number of carbonyl (C=O) groups is 3. The predicted octanol–water partition coefficient (Wildman–Crippen LogP) is 3.45. The molecule has 27 heavy (non-hydrogen) atoms. The second kappa shape index (κ2) is 7.68. The zero-order valence-electron chi connectivity index (χ0n) is 15.4. The van der Waals surface area contributed by atoms with E-state index in [0.717, 1.165) is 29.7 Å². The van der Waals surface area contributed by atoms with Gasteiger partial charge in [0.2, 0.25) is 5.91 Å². The summed E-state index contributed by atoms with van der Waals surface area (Å²) in [5, 5.41) is 3.72. The lowest BCUT2D eigenvalue weighted by atomic mass is 9.73. The maximum absolute atomic E-state index is 12.9. The molecule has 1 saturated carbocycles. The van der Waals surface area contributed by atoms with Crippen LogP contribution in [0.4, 0.5) is 4.79 Å². The number of benzene rings is 1. The van der Waals surface area contributed by atoms with Gasteiger partial charge in [-0.15, -0.1) is 0 Å². The fraction of sp³-hybridized carbons (Fsp3) is 0.526. The highest BCUT2D eigenvalue weighted by molar-refractivity contribution is 6.42. The SMILES string of the molecule is C[C@H]1CCCC[C@@]12NC(=O)N(CC(=O)N(C)Cc1ccc(Cl)c(Cl)c1)C2=O. The molecule has 146 valence electrons. The lowest BCUT2D eigenvalue weighted by Gasteiger charge is -2.36. The molecule has 0 bridgehead atoms. The number of urea groups is 1. The summed E-state index contributed by atoms with van der Waals surface area (Å²) in [6, 6.07) is 4.67. The average molecular weight is 412 g/mol. The molecule has 0 unspecified atom stereocenters. The predicted molar refractivity (Wildman–Crippen MR) is 104 cm³/mol. The second-order valence-electron chi connectivity index (χ2n) is 7.44. The number of likely N-dealkylation sites (N-methyl/N-ethyl adjacent to an activating group) is 1. The number of nitrogens with zero attached hydrogens (tertiary/aromatic N) is 2. The van der Waals surface area contributed by atoms with Crippen molar-refractivity contribution < 1.29 is 14.4 Å². The minimum atomic E-state index is -0.849. The fourth-order valence-electron chi connectivity index (χ4n) is 3.90. The first-order valence-corrected chi connectivity index (χ1v) is 9.82. The Morgan fingerprint density at radius 1 is 1.30 bits per heavy atom. The summed E-state index contributed by atoms with van der Waals surface area (Å²) in [5.41, 5.74) is -0.0347. The van der Waals surface area contributed by atoms with Crippen molar-refractivity contribution >= 4 is 41.0 Å². The summed E-state index contributed by atoms with van der Waals surface area (Å²) in [6.07, 6.45) is 3.47. The Kier molecular flexibility index (Phi) is 5.68. The largest absolute Gasteiger partial charge is 0.340 e. The number of amides is 4. The Hall–Kier alpha value is -1.79. The minimum absolute atomic E-state index is 0.0664. The van der Waals surface area contributed by atoms with Crippen molar-refractivity contribution in [3.05, 3.63) is 33.8 Å². The van der Waals surface area contributed by atoms with Crippen LogP contribution in [0.1, 0.15) is 38.2 Å². The molecule has 0 aromatic heterocycles. The zero-order valence-corrected chi connectivity index (χ0v) is 16.9. The maximum Gasteiger partial charge on any atom is 0.325 e. The monoisotopic (exact) mass is 411 g/mol. The summed E-state index contributed by atoms with van der Waals surface area (Å²) in [4.78, 5) is 40.4. The first kappa shape index (κ1) is 20.0. The summed E-state index contributed by atoms with van der Waals surface area (Å²) in [7, 11) is 1.63. The van der Waals surface area contributed by atoms with Gasteiger partial charge < -0.3 is 10.2 Å². The van der Waals surface area contributed by atoms with Gasteiger partial charge in [-0.25, -0.2) is 4.79 Å². The Balaban J connectivity index is 1.67. The van der Waals surface area contributed by atoms with Crippen LogP contribution in [0.25, 0.3) is 0 Å². The second-order valence-corrected chi connectivity index (χ2v) is 8.25. The first-order chi connectivity index (χ1) is 12.7. The Bertz CT molecular complexity index is 785. The molecule has 6 nitrogen and oxygen atoms in total. The van der Waals surface area contributed by atoms with Crippen LogP contribution in [-0.2, 0) is 16.1 Å². The van der Waals surface area contributed by atoms with Crippen LogP contribution in [0, 0.1) is 5.92 Å². The van der Waals surface area contributed by atoms with Gasteiger partial charge >= 0.3 is 6.03 Å². The van der Waals surface area contributed by atoms with Gasteiger partial charge in [-0.05, 0) is 36.5 Å². The standard InChI is InChI=1S/C19H23Cl2N3O3/c1-12-5-3-4-8-19(12)17(26)24(18(27)22-19)11-16(25)23(2)10-13-6-7-14(20)15(21)9-13/h6-7,9,12H,3-5,8,10-11H2,1-2H3,(H,22,27)/t12-,19+/m0/s1. The molecular weight excluding hydrogens is 389 g/mol. The lowest BCUT2D eigenvalue weighted by Crippen LogP contribution is -2.54. The highest BCUT2D eigenvalue weighted by Crippen LogP contribution is 2.38. The van der Waals surface area contributed by atoms with Gasteiger partial charge in [0.15, 0.2) is 0 Å². The zero-order chi connectivity index (χ0) is 19.8. The van der Waals surface area contributed by atoms with Crippen LogP contribution < -0.4 is 5.32 Å². The minimum Gasteiger partial charge on any atom is -0.340 e. The number of imide groups is 1. The molecule has 1 N–H and O–H groups in total. The molecule has 0 radical (unpaired) electrons. The van der Waals surface area contributed by atoms with Gasteiger partial charge in [-0.1, -0.05) is 49.0 Å². The number of nitrogens with one attached hydrogen (secondary N) is 1. The van der Waals surface area contributed by atoms with E-state index in [1.165, 1.54) is 4.90 Å². The fourth-order valence-corrected chi connectivity index (χ4v) is 4.22. The van der Waals surface area contributed by atoms with E-state index in [4.69, 9.17) is 23.2 Å². The van der Waals surface area contributed by atoms with E-state index in [2.05, 4.69) is 5.32 Å². The third-order valence-corrected chi connectivity index (χ3v) is 6.36. The number of rotatable bonds is 4. The van der Waals surface area contributed by atoms with Crippen molar-refractivity contribution in [2.45, 2.75) is 44.7 Å². The molecule has 8 heteroatoms. The van der Waals surface area contributed by atoms with Crippen LogP contribution in [-0.4, -0.2) is 46.8 Å². The highest BCUT2D eigenvalue weighted by Gasteiger charge is 2.55. The van der Waals surface area contributed by atoms with E-state index in [9.17, 15) is 14.4 Å². The third-order valence-electron chi connectivity index (χ3n) is 5.62. The average Bonchev–Trinajstić information content (AvgIpc) is 2.85. The molecule has 1 aliphatic heterocycles. The molecule has 1 aliphatic carbocycles. The number of hydrogen-bond donors (Lipinski definition) is 1. The highest BCUT2D eigenvalue weighted by atomic mass is 35.5. The Morgan fingerprint density at radius 2 is 2.04 bits per heavy atom. The summed E-state index contributed by atoms with van der Waals surface area (Å²) < 4.78 is 0. The van der Waals surface area contributed by atoms with Crippen LogP contribution >= 0.6 is 23.2 Å². The maximum atomic E-state index is 12.9. The summed E-state index contributed by atoms with van der Waals surface area (Å²) in [5.74, 6) is -0.530. The molecule has 1 spiro atoms. The molecule has 2 fully saturated rings. The smallest absolute Gasteiger partial charge is 0.325 e. The van der Waals surface area contributed by atoms with Gasteiger partial charge in [0.05, 0.1) is 10.0 Å². The van der Waals surface area contributed by atoms with Crippen molar-refractivity contribution in [1.82, 2.24) is 15.1 Å². The van der Waals surface area contributed by atoms with Crippen molar-refractivity contribution in [1.29, 1.82) is 0 Å². The molecule has 2 aliphatic rings. The summed E-state index contributed by atoms with van der Waals surface area (Å²) in [6.45, 7) is 2.02. The van der Waals surface area contributed by atoms with Crippen molar-refractivity contribution in [3.63, 3.8) is 0 Å². The normalized spacial score (nSPS) is 25.0. The summed E-state index contributed by atoms with van der Waals surface area (Å²) >= 11 is 11.9. The first-order valence-electron chi connectivity index (χ1n) is 9.06.